The fraction of sp³-hybridized carbons (Fsp3) is 0. The largest absolute Gasteiger partial charge is 0.396 e. The van der Waals surface area contributed by atoms with Gasteiger partial charge in [-0.2, -0.15) is 0 Å². The van der Waals surface area contributed by atoms with Gasteiger partial charge >= 0.3 is 0 Å². The number of nitrogens with zero attached hydrogens (tertiary/aromatic N) is 2. The number of nitrogens with two attached hydrogens (primary N) is 1. The highest BCUT2D eigenvalue weighted by atomic mass is 32.2. The first kappa shape index (κ1) is 9.92. The lowest BCUT2D eigenvalue weighted by Gasteiger charge is -1.99. The molecule has 0 atom stereocenters. The van der Waals surface area contributed by atoms with Crippen molar-refractivity contribution in [3.8, 4) is 0 Å². The summed E-state index contributed by atoms with van der Waals surface area (Å²) in [5.74, 6) is -0.252. The van der Waals surface area contributed by atoms with Gasteiger partial charge in [-0.25, -0.2) is 14.4 Å². The van der Waals surface area contributed by atoms with Crippen molar-refractivity contribution in [2.45, 2.75) is 10.1 Å². The van der Waals surface area contributed by atoms with Gasteiger partial charge in [-0.05, 0) is 36.0 Å². The van der Waals surface area contributed by atoms with E-state index in [1.54, 1.807) is 24.5 Å². The Hall–Kier alpha value is -1.62. The van der Waals surface area contributed by atoms with Crippen LogP contribution in [-0.4, -0.2) is 9.97 Å². The first-order valence-electron chi connectivity index (χ1n) is 4.25. The summed E-state index contributed by atoms with van der Waals surface area (Å²) in [6.45, 7) is 0. The standard InChI is InChI=1S/C10H8FN3S/c11-7-1-3-9(4-2-7)15-10-13-5-8(12)6-14-10/h1-6H,12H2. The van der Waals surface area contributed by atoms with E-state index < -0.39 is 0 Å². The van der Waals surface area contributed by atoms with Crippen molar-refractivity contribution in [1.82, 2.24) is 9.97 Å². The van der Waals surface area contributed by atoms with Crippen LogP contribution in [0.2, 0.25) is 0 Å². The molecule has 2 aromatic rings. The third-order valence-corrected chi connectivity index (χ3v) is 2.57. The van der Waals surface area contributed by atoms with Crippen molar-refractivity contribution in [3.05, 3.63) is 42.5 Å². The molecule has 2 N–H and O–H groups in total. The van der Waals surface area contributed by atoms with Gasteiger partial charge in [-0.3, -0.25) is 0 Å². The summed E-state index contributed by atoms with van der Waals surface area (Å²) in [6.07, 6.45) is 3.08. The SMILES string of the molecule is Nc1cnc(Sc2ccc(F)cc2)nc1. The number of hydrogen-bond acceptors (Lipinski definition) is 4. The molecule has 1 aromatic carbocycles. The molecule has 0 aliphatic rings. The average molecular weight is 221 g/mol. The molecular formula is C10H8FN3S. The molecule has 2 rings (SSSR count). The van der Waals surface area contributed by atoms with Crippen LogP contribution in [0.4, 0.5) is 10.1 Å². The van der Waals surface area contributed by atoms with Crippen LogP contribution in [0.3, 0.4) is 0 Å². The van der Waals surface area contributed by atoms with Crippen LogP contribution in [0.25, 0.3) is 0 Å². The molecule has 15 heavy (non-hydrogen) atoms. The van der Waals surface area contributed by atoms with Gasteiger partial charge in [0.1, 0.15) is 5.82 Å². The maximum Gasteiger partial charge on any atom is 0.192 e. The molecule has 5 heteroatoms. The molecule has 0 radical (unpaired) electrons. The normalized spacial score (nSPS) is 10.2. The lowest BCUT2D eigenvalue weighted by atomic mass is 10.4. The minimum atomic E-state index is -0.252. The summed E-state index contributed by atoms with van der Waals surface area (Å²) >= 11 is 1.36. The lowest BCUT2D eigenvalue weighted by molar-refractivity contribution is 0.626. The van der Waals surface area contributed by atoms with E-state index in [-0.39, 0.29) is 5.82 Å². The number of anilines is 1. The number of rotatable bonds is 2. The molecule has 0 aliphatic carbocycles. The monoisotopic (exact) mass is 221 g/mol. The molecule has 3 nitrogen and oxygen atoms in total. The van der Waals surface area contributed by atoms with E-state index >= 15 is 0 Å². The van der Waals surface area contributed by atoms with Gasteiger partial charge < -0.3 is 5.73 Å². The molecule has 1 aromatic heterocycles. The summed E-state index contributed by atoms with van der Waals surface area (Å²) < 4.78 is 12.6. The van der Waals surface area contributed by atoms with Gasteiger partial charge in [0.15, 0.2) is 5.16 Å². The van der Waals surface area contributed by atoms with Crippen molar-refractivity contribution in [1.29, 1.82) is 0 Å². The van der Waals surface area contributed by atoms with Gasteiger partial charge in [0.05, 0.1) is 18.1 Å². The summed E-state index contributed by atoms with van der Waals surface area (Å²) in [4.78, 5) is 8.95. The number of nitrogen functional groups attached to an aromatic ring is 1. The smallest absolute Gasteiger partial charge is 0.192 e. The number of benzene rings is 1. The van der Waals surface area contributed by atoms with E-state index in [9.17, 15) is 4.39 Å². The summed E-state index contributed by atoms with van der Waals surface area (Å²) in [6, 6.07) is 6.17. The van der Waals surface area contributed by atoms with E-state index in [0.29, 0.717) is 10.8 Å². The topological polar surface area (TPSA) is 51.8 Å². The van der Waals surface area contributed by atoms with E-state index in [1.165, 1.54) is 23.9 Å². The summed E-state index contributed by atoms with van der Waals surface area (Å²) in [7, 11) is 0. The van der Waals surface area contributed by atoms with Gasteiger partial charge in [-0.1, -0.05) is 0 Å². The number of hydrogen-bond donors (Lipinski definition) is 1. The van der Waals surface area contributed by atoms with Crippen LogP contribution in [-0.2, 0) is 0 Å². The predicted molar refractivity (Wildman–Crippen MR) is 57.0 cm³/mol. The Morgan fingerprint density at radius 2 is 1.67 bits per heavy atom. The molecule has 1 heterocycles. The lowest BCUT2D eigenvalue weighted by Crippen LogP contribution is -1.90. The third-order valence-electron chi connectivity index (χ3n) is 1.67. The van der Waals surface area contributed by atoms with E-state index in [1.807, 2.05) is 0 Å². The Bertz CT molecular complexity index is 398. The van der Waals surface area contributed by atoms with Crippen molar-refractivity contribution in [2.75, 3.05) is 5.73 Å². The maximum atomic E-state index is 12.6. The Balaban J connectivity index is 2.15. The van der Waals surface area contributed by atoms with Crippen molar-refractivity contribution in [3.63, 3.8) is 0 Å². The van der Waals surface area contributed by atoms with Gasteiger partial charge in [0.25, 0.3) is 0 Å². The third kappa shape index (κ3) is 2.66. The van der Waals surface area contributed by atoms with Gasteiger partial charge in [-0.15, -0.1) is 0 Å². The molecule has 0 saturated heterocycles. The van der Waals surface area contributed by atoms with Crippen LogP contribution < -0.4 is 5.73 Å². The Morgan fingerprint density at radius 3 is 2.27 bits per heavy atom. The molecule has 0 amide bonds. The average Bonchev–Trinajstić information content (AvgIpc) is 2.25. The number of aromatic nitrogens is 2. The molecular weight excluding hydrogens is 213 g/mol. The van der Waals surface area contributed by atoms with Gasteiger partial charge in [0, 0.05) is 4.90 Å². The second-order valence-corrected chi connectivity index (χ2v) is 3.90. The fourth-order valence-electron chi connectivity index (χ4n) is 0.987. The van der Waals surface area contributed by atoms with E-state index in [4.69, 9.17) is 5.73 Å². The zero-order valence-electron chi connectivity index (χ0n) is 7.72. The van der Waals surface area contributed by atoms with Crippen LogP contribution in [0.5, 0.6) is 0 Å². The quantitative estimate of drug-likeness (QED) is 0.791. The molecule has 0 spiro atoms. The first-order chi connectivity index (χ1) is 7.24. The Kier molecular flexibility index (Phi) is 2.82. The Morgan fingerprint density at radius 1 is 1.07 bits per heavy atom. The van der Waals surface area contributed by atoms with Crippen molar-refractivity contribution in [2.24, 2.45) is 0 Å². The fourth-order valence-corrected chi connectivity index (χ4v) is 1.68. The summed E-state index contributed by atoms with van der Waals surface area (Å²) in [5.41, 5.74) is 5.98. The molecule has 0 unspecified atom stereocenters. The van der Waals surface area contributed by atoms with Crippen LogP contribution >= 0.6 is 11.8 Å². The van der Waals surface area contributed by atoms with Gasteiger partial charge in [0.2, 0.25) is 0 Å². The molecule has 0 saturated carbocycles. The molecule has 76 valence electrons. The highest BCUT2D eigenvalue weighted by Gasteiger charge is 2.00. The molecule has 0 aliphatic heterocycles. The second kappa shape index (κ2) is 4.27. The van der Waals surface area contributed by atoms with Crippen molar-refractivity contribution >= 4 is 17.4 Å². The molecule has 0 fully saturated rings. The highest BCUT2D eigenvalue weighted by Crippen LogP contribution is 2.24. The van der Waals surface area contributed by atoms with E-state index in [0.717, 1.165) is 4.90 Å². The highest BCUT2D eigenvalue weighted by molar-refractivity contribution is 7.99. The minimum Gasteiger partial charge on any atom is -0.396 e. The second-order valence-electron chi connectivity index (χ2n) is 2.85. The van der Waals surface area contributed by atoms with Crippen LogP contribution in [0.1, 0.15) is 0 Å². The van der Waals surface area contributed by atoms with Crippen molar-refractivity contribution < 1.29 is 4.39 Å². The number of halogens is 1. The molecule has 0 bridgehead atoms. The predicted octanol–water partition coefficient (Wildman–Crippen LogP) is 2.35. The Labute approximate surface area is 90.6 Å². The maximum absolute atomic E-state index is 12.6. The van der Waals surface area contributed by atoms with Crippen LogP contribution in [0, 0.1) is 5.82 Å². The summed E-state index contributed by atoms with van der Waals surface area (Å²) in [5, 5.41) is 0.593. The first-order valence-corrected chi connectivity index (χ1v) is 5.06. The minimum absolute atomic E-state index is 0.252. The van der Waals surface area contributed by atoms with Crippen LogP contribution in [0.15, 0.2) is 46.7 Å². The van der Waals surface area contributed by atoms with E-state index in [2.05, 4.69) is 9.97 Å². The zero-order valence-corrected chi connectivity index (χ0v) is 8.54. The zero-order chi connectivity index (χ0) is 10.7.